The zero-order valence-corrected chi connectivity index (χ0v) is 13.5. The van der Waals surface area contributed by atoms with Crippen molar-refractivity contribution in [3.05, 3.63) is 64.7 Å². The minimum atomic E-state index is -0.919. The van der Waals surface area contributed by atoms with Gasteiger partial charge in [0, 0.05) is 5.02 Å². The standard InChI is InChI=1S/C17H16ClNO4/c1-22-14-9-8-12(18)10-13(14)16(20)19-15(17(21)23-2)11-6-4-3-5-7-11/h3-10,15H,1-2H3,(H,19,20). The van der Waals surface area contributed by atoms with Crippen molar-refractivity contribution in [3.8, 4) is 5.75 Å². The molecule has 0 saturated heterocycles. The van der Waals surface area contributed by atoms with Gasteiger partial charge in [-0.2, -0.15) is 0 Å². The lowest BCUT2D eigenvalue weighted by molar-refractivity contribution is -0.143. The second kappa shape index (κ2) is 7.65. The summed E-state index contributed by atoms with van der Waals surface area (Å²) in [7, 11) is 2.72. The van der Waals surface area contributed by atoms with Crippen LogP contribution in [0, 0.1) is 0 Å². The first-order valence-electron chi connectivity index (χ1n) is 6.84. The number of esters is 1. The first-order valence-corrected chi connectivity index (χ1v) is 7.21. The average molecular weight is 334 g/mol. The molecule has 1 unspecified atom stereocenters. The molecule has 0 aliphatic rings. The molecule has 5 nitrogen and oxygen atoms in total. The second-order valence-electron chi connectivity index (χ2n) is 4.68. The Morgan fingerprint density at radius 1 is 1.09 bits per heavy atom. The number of rotatable bonds is 5. The van der Waals surface area contributed by atoms with E-state index in [1.165, 1.54) is 20.3 Å². The smallest absolute Gasteiger partial charge is 0.333 e. The van der Waals surface area contributed by atoms with Crippen molar-refractivity contribution in [2.24, 2.45) is 0 Å². The van der Waals surface area contributed by atoms with E-state index in [-0.39, 0.29) is 5.56 Å². The Balaban J connectivity index is 2.32. The molecule has 6 heteroatoms. The van der Waals surface area contributed by atoms with Crippen LogP contribution in [-0.2, 0) is 9.53 Å². The summed E-state index contributed by atoms with van der Waals surface area (Å²) in [5, 5.41) is 3.04. The van der Waals surface area contributed by atoms with E-state index in [0.717, 1.165) is 0 Å². The van der Waals surface area contributed by atoms with Gasteiger partial charge in [-0.25, -0.2) is 4.79 Å². The summed E-state index contributed by atoms with van der Waals surface area (Å²) >= 11 is 5.93. The highest BCUT2D eigenvalue weighted by atomic mass is 35.5. The Labute approximate surface area is 139 Å². The van der Waals surface area contributed by atoms with Gasteiger partial charge in [-0.1, -0.05) is 41.9 Å². The highest BCUT2D eigenvalue weighted by molar-refractivity contribution is 6.31. The Morgan fingerprint density at radius 2 is 1.78 bits per heavy atom. The molecule has 1 atom stereocenters. The normalized spacial score (nSPS) is 11.4. The molecule has 2 rings (SSSR count). The van der Waals surface area contributed by atoms with Crippen LogP contribution < -0.4 is 10.1 Å². The van der Waals surface area contributed by atoms with Crippen LogP contribution in [0.3, 0.4) is 0 Å². The fraction of sp³-hybridized carbons (Fsp3) is 0.176. The molecule has 0 spiro atoms. The van der Waals surface area contributed by atoms with Crippen LogP contribution in [0.2, 0.25) is 5.02 Å². The van der Waals surface area contributed by atoms with E-state index in [1.807, 2.05) is 6.07 Å². The fourth-order valence-corrected chi connectivity index (χ4v) is 2.28. The molecule has 120 valence electrons. The van der Waals surface area contributed by atoms with Gasteiger partial charge in [0.1, 0.15) is 5.75 Å². The van der Waals surface area contributed by atoms with E-state index in [2.05, 4.69) is 5.32 Å². The number of hydrogen-bond donors (Lipinski definition) is 1. The van der Waals surface area contributed by atoms with Gasteiger partial charge < -0.3 is 14.8 Å². The predicted octanol–water partition coefficient (Wildman–Crippen LogP) is 2.99. The van der Waals surface area contributed by atoms with Gasteiger partial charge in [0.25, 0.3) is 5.91 Å². The Bertz CT molecular complexity index is 703. The minimum absolute atomic E-state index is 0.241. The van der Waals surface area contributed by atoms with Gasteiger partial charge in [0.15, 0.2) is 6.04 Å². The van der Waals surface area contributed by atoms with Crippen LogP contribution in [0.25, 0.3) is 0 Å². The highest BCUT2D eigenvalue weighted by Gasteiger charge is 2.25. The van der Waals surface area contributed by atoms with Gasteiger partial charge in [0.2, 0.25) is 0 Å². The summed E-state index contributed by atoms with van der Waals surface area (Å²) in [4.78, 5) is 24.5. The number of methoxy groups -OCH3 is 2. The van der Waals surface area contributed by atoms with E-state index < -0.39 is 17.9 Å². The van der Waals surface area contributed by atoms with Crippen molar-refractivity contribution in [3.63, 3.8) is 0 Å². The maximum absolute atomic E-state index is 12.5. The first kappa shape index (κ1) is 16.8. The van der Waals surface area contributed by atoms with Crippen LogP contribution in [-0.4, -0.2) is 26.1 Å². The van der Waals surface area contributed by atoms with Gasteiger partial charge in [-0.3, -0.25) is 4.79 Å². The molecular weight excluding hydrogens is 318 g/mol. The van der Waals surface area contributed by atoms with Crippen molar-refractivity contribution >= 4 is 23.5 Å². The van der Waals surface area contributed by atoms with Crippen molar-refractivity contribution in [2.45, 2.75) is 6.04 Å². The number of ether oxygens (including phenoxy) is 2. The minimum Gasteiger partial charge on any atom is -0.496 e. The molecular formula is C17H16ClNO4. The van der Waals surface area contributed by atoms with Crippen molar-refractivity contribution in [2.75, 3.05) is 14.2 Å². The molecule has 0 aliphatic carbocycles. The molecule has 1 N–H and O–H groups in total. The molecule has 1 amide bonds. The number of amides is 1. The maximum atomic E-state index is 12.5. The second-order valence-corrected chi connectivity index (χ2v) is 5.12. The Morgan fingerprint density at radius 3 is 2.39 bits per heavy atom. The zero-order chi connectivity index (χ0) is 16.8. The van der Waals surface area contributed by atoms with Gasteiger partial charge in [-0.15, -0.1) is 0 Å². The van der Waals surface area contributed by atoms with Crippen LogP contribution in [0.5, 0.6) is 5.75 Å². The Kier molecular flexibility index (Phi) is 5.60. The molecule has 0 fully saturated rings. The van der Waals surface area contributed by atoms with Crippen LogP contribution in [0.4, 0.5) is 0 Å². The molecule has 2 aromatic carbocycles. The molecule has 0 saturated carbocycles. The van der Waals surface area contributed by atoms with E-state index in [9.17, 15) is 9.59 Å². The zero-order valence-electron chi connectivity index (χ0n) is 12.7. The topological polar surface area (TPSA) is 64.6 Å². The number of hydrogen-bond acceptors (Lipinski definition) is 4. The largest absolute Gasteiger partial charge is 0.496 e. The lowest BCUT2D eigenvalue weighted by atomic mass is 10.1. The molecule has 2 aromatic rings. The molecule has 23 heavy (non-hydrogen) atoms. The molecule has 0 aromatic heterocycles. The van der Waals surface area contributed by atoms with E-state index in [4.69, 9.17) is 21.1 Å². The number of carbonyl (C=O) groups excluding carboxylic acids is 2. The van der Waals surface area contributed by atoms with E-state index in [0.29, 0.717) is 16.3 Å². The molecule has 0 heterocycles. The quantitative estimate of drug-likeness (QED) is 0.854. The van der Waals surface area contributed by atoms with Crippen molar-refractivity contribution in [1.82, 2.24) is 5.32 Å². The fourth-order valence-electron chi connectivity index (χ4n) is 2.11. The third-order valence-electron chi connectivity index (χ3n) is 3.25. The summed E-state index contributed by atoms with van der Waals surface area (Å²) in [6, 6.07) is 12.6. The third kappa shape index (κ3) is 4.02. The number of benzene rings is 2. The molecule has 0 aliphatic heterocycles. The van der Waals surface area contributed by atoms with Crippen LogP contribution in [0.15, 0.2) is 48.5 Å². The summed E-state index contributed by atoms with van der Waals surface area (Å²) in [6.45, 7) is 0. The number of carbonyl (C=O) groups is 2. The highest BCUT2D eigenvalue weighted by Crippen LogP contribution is 2.24. The number of nitrogens with one attached hydrogen (secondary N) is 1. The summed E-state index contributed by atoms with van der Waals surface area (Å²) < 4.78 is 9.93. The maximum Gasteiger partial charge on any atom is 0.333 e. The van der Waals surface area contributed by atoms with Gasteiger partial charge >= 0.3 is 5.97 Å². The van der Waals surface area contributed by atoms with Crippen LogP contribution in [0.1, 0.15) is 22.0 Å². The summed E-state index contributed by atoms with van der Waals surface area (Å²) in [5.41, 5.74) is 0.860. The first-order chi connectivity index (χ1) is 11.1. The molecule has 0 bridgehead atoms. The van der Waals surface area contributed by atoms with Crippen LogP contribution >= 0.6 is 11.6 Å². The number of halogens is 1. The van der Waals surface area contributed by atoms with Gasteiger partial charge in [-0.05, 0) is 23.8 Å². The monoisotopic (exact) mass is 333 g/mol. The summed E-state index contributed by atoms with van der Waals surface area (Å²) in [6.07, 6.45) is 0. The third-order valence-corrected chi connectivity index (χ3v) is 3.49. The lowest BCUT2D eigenvalue weighted by Crippen LogP contribution is -2.34. The predicted molar refractivity (Wildman–Crippen MR) is 86.7 cm³/mol. The average Bonchev–Trinajstić information content (AvgIpc) is 2.59. The van der Waals surface area contributed by atoms with E-state index >= 15 is 0 Å². The lowest BCUT2D eigenvalue weighted by Gasteiger charge is -2.18. The van der Waals surface area contributed by atoms with Crippen molar-refractivity contribution < 1.29 is 19.1 Å². The van der Waals surface area contributed by atoms with E-state index in [1.54, 1.807) is 36.4 Å². The van der Waals surface area contributed by atoms with Gasteiger partial charge in [0.05, 0.1) is 19.8 Å². The molecule has 0 radical (unpaired) electrons. The Hall–Kier alpha value is -2.53. The van der Waals surface area contributed by atoms with Crippen molar-refractivity contribution in [1.29, 1.82) is 0 Å². The SMILES string of the molecule is COC(=O)C(NC(=O)c1cc(Cl)ccc1OC)c1ccccc1. The summed E-state index contributed by atoms with van der Waals surface area (Å²) in [5.74, 6) is -0.683.